The first-order valence-corrected chi connectivity index (χ1v) is 9.46. The number of esters is 1. The first kappa shape index (κ1) is 19.5. The van der Waals surface area contributed by atoms with Crippen molar-refractivity contribution < 1.29 is 14.3 Å². The molecule has 28 heavy (non-hydrogen) atoms. The second-order valence-electron chi connectivity index (χ2n) is 6.80. The lowest BCUT2D eigenvalue weighted by Gasteiger charge is -2.14. The minimum atomic E-state index is -0.301. The van der Waals surface area contributed by atoms with E-state index < -0.39 is 0 Å². The average molecular weight is 376 g/mol. The van der Waals surface area contributed by atoms with Gasteiger partial charge in [0, 0.05) is 29.9 Å². The number of anilines is 1. The van der Waals surface area contributed by atoms with E-state index in [1.807, 2.05) is 62.4 Å². The van der Waals surface area contributed by atoms with Crippen LogP contribution in [0.1, 0.15) is 43.7 Å². The van der Waals surface area contributed by atoms with E-state index in [0.717, 1.165) is 34.0 Å². The van der Waals surface area contributed by atoms with Crippen molar-refractivity contribution in [3.05, 3.63) is 72.1 Å². The summed E-state index contributed by atoms with van der Waals surface area (Å²) in [7, 11) is 0. The van der Waals surface area contributed by atoms with Gasteiger partial charge in [-0.25, -0.2) is 0 Å². The van der Waals surface area contributed by atoms with Crippen molar-refractivity contribution in [2.75, 3.05) is 5.32 Å². The van der Waals surface area contributed by atoms with Gasteiger partial charge in [-0.2, -0.15) is 0 Å². The highest BCUT2D eigenvalue weighted by Crippen LogP contribution is 2.22. The second kappa shape index (κ2) is 9.13. The van der Waals surface area contributed by atoms with Crippen LogP contribution in [0.3, 0.4) is 0 Å². The van der Waals surface area contributed by atoms with Gasteiger partial charge in [0.05, 0.1) is 5.92 Å². The zero-order valence-electron chi connectivity index (χ0n) is 16.1. The van der Waals surface area contributed by atoms with Crippen LogP contribution in [-0.2, 0) is 20.9 Å². The number of amides is 1. The first-order chi connectivity index (χ1) is 13.6. The molecule has 0 spiro atoms. The molecule has 0 saturated heterocycles. The Hall–Kier alpha value is -3.21. The number of ether oxygens (including phenoxy) is 1. The minimum Gasteiger partial charge on any atom is -0.461 e. The van der Waals surface area contributed by atoms with E-state index in [1.54, 1.807) is 12.4 Å². The number of carbonyl (C=O) groups is 2. The molecule has 0 fully saturated rings. The summed E-state index contributed by atoms with van der Waals surface area (Å²) in [4.78, 5) is 28.2. The van der Waals surface area contributed by atoms with Gasteiger partial charge in [-0.15, -0.1) is 0 Å². The molecule has 0 bridgehead atoms. The van der Waals surface area contributed by atoms with Crippen molar-refractivity contribution in [3.8, 4) is 0 Å². The molecule has 1 heterocycles. The van der Waals surface area contributed by atoms with E-state index in [-0.39, 0.29) is 24.4 Å². The lowest BCUT2D eigenvalue weighted by molar-refractivity contribution is -0.145. The lowest BCUT2D eigenvalue weighted by atomic mass is 9.99. The van der Waals surface area contributed by atoms with E-state index in [1.165, 1.54) is 0 Å². The van der Waals surface area contributed by atoms with Crippen molar-refractivity contribution in [1.82, 2.24) is 4.98 Å². The number of carbonyl (C=O) groups excluding carboxylic acids is 2. The zero-order valence-corrected chi connectivity index (χ0v) is 16.1. The van der Waals surface area contributed by atoms with Gasteiger partial charge in [0.15, 0.2) is 0 Å². The Morgan fingerprint density at radius 1 is 1.07 bits per heavy atom. The molecule has 3 aromatic rings. The first-order valence-electron chi connectivity index (χ1n) is 9.46. The molecule has 0 aliphatic heterocycles. The Bertz CT molecular complexity index is 967. The largest absolute Gasteiger partial charge is 0.461 e. The van der Waals surface area contributed by atoms with Crippen molar-refractivity contribution in [2.45, 2.75) is 39.2 Å². The van der Waals surface area contributed by atoms with Gasteiger partial charge in [-0.3, -0.25) is 14.6 Å². The summed E-state index contributed by atoms with van der Waals surface area (Å²) in [6.07, 6.45) is 4.74. The smallest absolute Gasteiger partial charge is 0.306 e. The third-order valence-electron chi connectivity index (χ3n) is 4.64. The molecule has 3 rings (SSSR count). The maximum Gasteiger partial charge on any atom is 0.306 e. The SMILES string of the molecule is CCCC(=O)OCc1ccc(C(C)C(=O)Nc2ccc3cnccc3c2)cc1. The topological polar surface area (TPSA) is 68.3 Å². The van der Waals surface area contributed by atoms with E-state index >= 15 is 0 Å². The van der Waals surface area contributed by atoms with Gasteiger partial charge >= 0.3 is 5.97 Å². The molecule has 1 aromatic heterocycles. The molecule has 144 valence electrons. The maximum atomic E-state index is 12.6. The van der Waals surface area contributed by atoms with Crippen LogP contribution in [0.2, 0.25) is 0 Å². The van der Waals surface area contributed by atoms with Gasteiger partial charge in [-0.05, 0) is 48.1 Å². The Morgan fingerprint density at radius 2 is 1.86 bits per heavy atom. The molecular weight excluding hydrogens is 352 g/mol. The van der Waals surface area contributed by atoms with Crippen molar-refractivity contribution in [3.63, 3.8) is 0 Å². The van der Waals surface area contributed by atoms with Crippen LogP contribution in [0.4, 0.5) is 5.69 Å². The summed E-state index contributed by atoms with van der Waals surface area (Å²) in [5.41, 5.74) is 2.57. The molecule has 0 aliphatic carbocycles. The van der Waals surface area contributed by atoms with Crippen molar-refractivity contribution >= 4 is 28.3 Å². The number of hydrogen-bond donors (Lipinski definition) is 1. The fourth-order valence-electron chi connectivity index (χ4n) is 2.91. The summed E-state index contributed by atoms with van der Waals surface area (Å²) in [6, 6.07) is 15.3. The summed E-state index contributed by atoms with van der Waals surface area (Å²) in [5, 5.41) is 5.03. The van der Waals surface area contributed by atoms with E-state index in [9.17, 15) is 9.59 Å². The molecule has 1 amide bonds. The Kier molecular flexibility index (Phi) is 6.37. The van der Waals surface area contributed by atoms with Crippen LogP contribution in [0, 0.1) is 0 Å². The summed E-state index contributed by atoms with van der Waals surface area (Å²) in [5.74, 6) is -0.564. The molecule has 1 unspecified atom stereocenters. The monoisotopic (exact) mass is 376 g/mol. The predicted molar refractivity (Wildman–Crippen MR) is 110 cm³/mol. The molecule has 0 radical (unpaired) electrons. The highest BCUT2D eigenvalue weighted by molar-refractivity contribution is 5.97. The summed E-state index contributed by atoms with van der Waals surface area (Å²) < 4.78 is 5.21. The third kappa shape index (κ3) is 4.94. The molecule has 5 heteroatoms. The van der Waals surface area contributed by atoms with Gasteiger partial charge in [0.2, 0.25) is 5.91 Å². The average Bonchev–Trinajstić information content (AvgIpc) is 2.72. The fourth-order valence-corrected chi connectivity index (χ4v) is 2.91. The van der Waals surface area contributed by atoms with Crippen LogP contribution in [0.15, 0.2) is 60.9 Å². The van der Waals surface area contributed by atoms with Gasteiger partial charge in [-0.1, -0.05) is 37.3 Å². The van der Waals surface area contributed by atoms with Crippen LogP contribution in [0.5, 0.6) is 0 Å². The summed E-state index contributed by atoms with van der Waals surface area (Å²) >= 11 is 0. The molecule has 1 N–H and O–H groups in total. The maximum absolute atomic E-state index is 12.6. The van der Waals surface area contributed by atoms with Gasteiger partial charge < -0.3 is 10.1 Å². The molecule has 5 nitrogen and oxygen atoms in total. The van der Waals surface area contributed by atoms with Crippen LogP contribution in [0.25, 0.3) is 10.8 Å². The van der Waals surface area contributed by atoms with Crippen LogP contribution in [-0.4, -0.2) is 16.9 Å². The molecule has 1 atom stereocenters. The normalized spacial score (nSPS) is 11.8. The van der Waals surface area contributed by atoms with Crippen LogP contribution >= 0.6 is 0 Å². The standard InChI is InChI=1S/C23H24N2O3/c1-3-4-22(26)28-15-17-5-7-18(8-6-17)16(2)23(27)25-21-10-9-20-14-24-12-11-19(20)13-21/h5-14,16H,3-4,15H2,1-2H3,(H,25,27). The predicted octanol–water partition coefficient (Wildman–Crippen LogP) is 4.82. The summed E-state index contributed by atoms with van der Waals surface area (Å²) in [6.45, 7) is 4.07. The number of hydrogen-bond acceptors (Lipinski definition) is 4. The number of nitrogens with zero attached hydrogens (tertiary/aromatic N) is 1. The van der Waals surface area contributed by atoms with Gasteiger partial charge in [0.1, 0.15) is 6.61 Å². The highest BCUT2D eigenvalue weighted by atomic mass is 16.5. The number of pyridine rings is 1. The number of aromatic nitrogens is 1. The molecule has 0 aliphatic rings. The zero-order chi connectivity index (χ0) is 19.9. The lowest BCUT2D eigenvalue weighted by Crippen LogP contribution is -2.18. The number of nitrogens with one attached hydrogen (secondary N) is 1. The van der Waals surface area contributed by atoms with Crippen molar-refractivity contribution in [1.29, 1.82) is 0 Å². The number of benzene rings is 2. The minimum absolute atomic E-state index is 0.0736. The Balaban J connectivity index is 1.61. The Morgan fingerprint density at radius 3 is 2.61 bits per heavy atom. The highest BCUT2D eigenvalue weighted by Gasteiger charge is 2.15. The van der Waals surface area contributed by atoms with Crippen LogP contribution < -0.4 is 5.32 Å². The van der Waals surface area contributed by atoms with Crippen molar-refractivity contribution in [2.24, 2.45) is 0 Å². The second-order valence-corrected chi connectivity index (χ2v) is 6.80. The fraction of sp³-hybridized carbons (Fsp3) is 0.261. The number of fused-ring (bicyclic) bond motifs is 1. The molecule has 2 aromatic carbocycles. The molecule has 0 saturated carbocycles. The third-order valence-corrected chi connectivity index (χ3v) is 4.64. The van der Waals surface area contributed by atoms with Gasteiger partial charge in [0.25, 0.3) is 0 Å². The quantitative estimate of drug-likeness (QED) is 0.600. The van der Waals surface area contributed by atoms with E-state index in [2.05, 4.69) is 10.3 Å². The molecular formula is C23H24N2O3. The number of rotatable bonds is 7. The Labute approximate surface area is 164 Å². The van der Waals surface area contributed by atoms with E-state index in [4.69, 9.17) is 4.74 Å². The van der Waals surface area contributed by atoms with E-state index in [0.29, 0.717) is 6.42 Å².